The van der Waals surface area contributed by atoms with Crippen molar-refractivity contribution < 1.29 is 8.42 Å². The normalized spacial score (nSPS) is 20.4. The standard InChI is InChI=1S/C17H27N3O2S.ClH/c1-2-18-13-15-7-10-19(11-8-15)23(21,22)20-12-9-16-5-3-4-6-17(16)14-20;/h3-6,15,18H,2,7-14H2,1H3;1H. The van der Waals surface area contributed by atoms with Gasteiger partial charge in [-0.3, -0.25) is 0 Å². The lowest BCUT2D eigenvalue weighted by Crippen LogP contribution is -2.49. The van der Waals surface area contributed by atoms with Gasteiger partial charge in [0.25, 0.3) is 10.2 Å². The predicted octanol–water partition coefficient (Wildman–Crippen LogP) is 2.03. The Balaban J connectivity index is 0.00000208. The number of nitrogens with zero attached hydrogens (tertiary/aromatic N) is 2. The number of fused-ring (bicyclic) bond motifs is 1. The first kappa shape index (κ1) is 19.7. The fourth-order valence-electron chi connectivity index (χ4n) is 3.52. The maximum Gasteiger partial charge on any atom is 0.282 e. The van der Waals surface area contributed by atoms with Crippen molar-refractivity contribution in [1.82, 2.24) is 13.9 Å². The van der Waals surface area contributed by atoms with Crippen LogP contribution in [0.25, 0.3) is 0 Å². The van der Waals surface area contributed by atoms with Crippen LogP contribution in [0.1, 0.15) is 30.9 Å². The third kappa shape index (κ3) is 4.29. The van der Waals surface area contributed by atoms with Crippen molar-refractivity contribution in [3.63, 3.8) is 0 Å². The molecular weight excluding hydrogens is 346 g/mol. The van der Waals surface area contributed by atoms with Gasteiger partial charge in [0.15, 0.2) is 0 Å². The summed E-state index contributed by atoms with van der Waals surface area (Å²) >= 11 is 0. The van der Waals surface area contributed by atoms with Crippen LogP contribution >= 0.6 is 12.4 Å². The molecule has 1 N–H and O–H groups in total. The summed E-state index contributed by atoms with van der Waals surface area (Å²) in [5.41, 5.74) is 2.42. The SMILES string of the molecule is CCNCC1CCN(S(=O)(=O)N2CCc3ccccc3C2)CC1.Cl. The van der Waals surface area contributed by atoms with Crippen molar-refractivity contribution in [2.24, 2.45) is 5.92 Å². The molecule has 7 heteroatoms. The predicted molar refractivity (Wildman–Crippen MR) is 99.6 cm³/mol. The lowest BCUT2D eigenvalue weighted by atomic mass is 9.98. The molecule has 5 nitrogen and oxygen atoms in total. The van der Waals surface area contributed by atoms with Crippen molar-refractivity contribution >= 4 is 22.6 Å². The molecule has 1 aromatic carbocycles. The van der Waals surface area contributed by atoms with Crippen molar-refractivity contribution in [2.45, 2.75) is 32.7 Å². The zero-order chi connectivity index (χ0) is 16.3. The quantitative estimate of drug-likeness (QED) is 0.859. The van der Waals surface area contributed by atoms with Crippen LogP contribution in [-0.4, -0.2) is 49.8 Å². The highest BCUT2D eigenvalue weighted by Gasteiger charge is 2.34. The third-order valence-corrected chi connectivity index (χ3v) is 6.99. The summed E-state index contributed by atoms with van der Waals surface area (Å²) in [6, 6.07) is 8.16. The highest BCUT2D eigenvalue weighted by atomic mass is 35.5. The number of hydrogen-bond acceptors (Lipinski definition) is 3. The molecule has 2 aliphatic rings. The maximum atomic E-state index is 12.9. The lowest BCUT2D eigenvalue weighted by molar-refractivity contribution is 0.246. The highest BCUT2D eigenvalue weighted by Crippen LogP contribution is 2.25. The van der Waals surface area contributed by atoms with Gasteiger partial charge in [-0.2, -0.15) is 17.0 Å². The first-order valence-corrected chi connectivity index (χ1v) is 10.0. The van der Waals surface area contributed by atoms with Gasteiger partial charge in [0.2, 0.25) is 0 Å². The molecule has 0 aliphatic carbocycles. The molecule has 2 heterocycles. The highest BCUT2D eigenvalue weighted by molar-refractivity contribution is 7.86. The van der Waals surface area contributed by atoms with Crippen molar-refractivity contribution in [1.29, 1.82) is 0 Å². The molecule has 0 radical (unpaired) electrons. The van der Waals surface area contributed by atoms with E-state index in [0.29, 0.717) is 32.1 Å². The van der Waals surface area contributed by atoms with E-state index in [9.17, 15) is 8.42 Å². The Kier molecular flexibility index (Phi) is 7.07. The Hall–Kier alpha value is -0.660. The Bertz CT molecular complexity index is 630. The van der Waals surface area contributed by atoms with E-state index >= 15 is 0 Å². The number of benzene rings is 1. The van der Waals surface area contributed by atoms with E-state index in [-0.39, 0.29) is 12.4 Å². The maximum absolute atomic E-state index is 12.9. The smallest absolute Gasteiger partial charge is 0.282 e. The van der Waals surface area contributed by atoms with E-state index in [4.69, 9.17) is 0 Å². The van der Waals surface area contributed by atoms with Crippen LogP contribution in [-0.2, 0) is 23.2 Å². The van der Waals surface area contributed by atoms with Gasteiger partial charge in [-0.05, 0) is 49.4 Å². The van der Waals surface area contributed by atoms with Gasteiger partial charge >= 0.3 is 0 Å². The van der Waals surface area contributed by atoms with Gasteiger partial charge in [-0.25, -0.2) is 0 Å². The molecule has 136 valence electrons. The second kappa shape index (κ2) is 8.63. The molecular formula is C17H28ClN3O2S. The zero-order valence-corrected chi connectivity index (χ0v) is 15.9. The summed E-state index contributed by atoms with van der Waals surface area (Å²) in [5, 5.41) is 3.37. The average Bonchev–Trinajstić information content (AvgIpc) is 2.60. The Labute approximate surface area is 152 Å². The van der Waals surface area contributed by atoms with Crippen LogP contribution in [0.4, 0.5) is 0 Å². The molecule has 0 bridgehead atoms. The molecule has 24 heavy (non-hydrogen) atoms. The number of piperidine rings is 1. The molecule has 1 fully saturated rings. The number of rotatable bonds is 5. The van der Waals surface area contributed by atoms with E-state index < -0.39 is 10.2 Å². The van der Waals surface area contributed by atoms with Crippen LogP contribution in [0.3, 0.4) is 0 Å². The van der Waals surface area contributed by atoms with E-state index in [1.807, 2.05) is 18.2 Å². The molecule has 0 aromatic heterocycles. The fourth-order valence-corrected chi connectivity index (χ4v) is 5.15. The van der Waals surface area contributed by atoms with Gasteiger partial charge in [0.1, 0.15) is 0 Å². The second-order valence-electron chi connectivity index (χ2n) is 6.51. The Morgan fingerprint density at radius 1 is 1.08 bits per heavy atom. The monoisotopic (exact) mass is 373 g/mol. The molecule has 0 amide bonds. The minimum absolute atomic E-state index is 0. The summed E-state index contributed by atoms with van der Waals surface area (Å²) in [6.07, 6.45) is 2.72. The van der Waals surface area contributed by atoms with Crippen molar-refractivity contribution in [2.75, 3.05) is 32.7 Å². The number of halogens is 1. The minimum atomic E-state index is -3.33. The molecule has 0 unspecified atom stereocenters. The first-order valence-electron chi connectivity index (χ1n) is 8.64. The largest absolute Gasteiger partial charge is 0.317 e. The lowest BCUT2D eigenvalue weighted by Gasteiger charge is -2.36. The van der Waals surface area contributed by atoms with Crippen LogP contribution in [0.15, 0.2) is 24.3 Å². The molecule has 2 aliphatic heterocycles. The number of nitrogens with one attached hydrogen (secondary N) is 1. The molecule has 0 spiro atoms. The van der Waals surface area contributed by atoms with Gasteiger partial charge in [-0.15, -0.1) is 12.4 Å². The van der Waals surface area contributed by atoms with E-state index in [0.717, 1.165) is 37.9 Å². The Morgan fingerprint density at radius 3 is 2.42 bits per heavy atom. The summed E-state index contributed by atoms with van der Waals surface area (Å²) < 4.78 is 29.2. The molecule has 3 rings (SSSR count). The van der Waals surface area contributed by atoms with Crippen molar-refractivity contribution in [3.8, 4) is 0 Å². The van der Waals surface area contributed by atoms with Gasteiger partial charge in [0.05, 0.1) is 0 Å². The topological polar surface area (TPSA) is 52.7 Å². The summed E-state index contributed by atoms with van der Waals surface area (Å²) in [6.45, 7) is 6.49. The zero-order valence-electron chi connectivity index (χ0n) is 14.3. The van der Waals surface area contributed by atoms with Gasteiger partial charge in [0, 0.05) is 26.2 Å². The Morgan fingerprint density at radius 2 is 1.75 bits per heavy atom. The van der Waals surface area contributed by atoms with E-state index in [2.05, 4.69) is 18.3 Å². The van der Waals surface area contributed by atoms with Crippen LogP contribution in [0.2, 0.25) is 0 Å². The van der Waals surface area contributed by atoms with Crippen molar-refractivity contribution in [3.05, 3.63) is 35.4 Å². The molecule has 0 saturated carbocycles. The average molecular weight is 374 g/mol. The van der Waals surface area contributed by atoms with Crippen LogP contribution in [0, 0.1) is 5.92 Å². The first-order chi connectivity index (χ1) is 11.1. The molecule has 0 atom stereocenters. The fraction of sp³-hybridized carbons (Fsp3) is 0.647. The van der Waals surface area contributed by atoms with Gasteiger partial charge < -0.3 is 5.32 Å². The number of hydrogen-bond donors (Lipinski definition) is 1. The molecule has 1 saturated heterocycles. The van der Waals surface area contributed by atoms with Gasteiger partial charge in [-0.1, -0.05) is 31.2 Å². The van der Waals surface area contributed by atoms with Crippen LogP contribution < -0.4 is 5.32 Å². The second-order valence-corrected chi connectivity index (χ2v) is 8.44. The van der Waals surface area contributed by atoms with E-state index in [1.165, 1.54) is 5.56 Å². The summed E-state index contributed by atoms with van der Waals surface area (Å²) in [5.74, 6) is 0.600. The molecule has 1 aromatic rings. The summed E-state index contributed by atoms with van der Waals surface area (Å²) in [4.78, 5) is 0. The third-order valence-electron chi connectivity index (χ3n) is 5.00. The van der Waals surface area contributed by atoms with E-state index in [1.54, 1.807) is 8.61 Å². The van der Waals surface area contributed by atoms with Crippen LogP contribution in [0.5, 0.6) is 0 Å². The minimum Gasteiger partial charge on any atom is -0.317 e. The summed E-state index contributed by atoms with van der Waals surface area (Å²) in [7, 11) is -3.33.